The molecule has 2 aliphatic rings. The van der Waals surface area contributed by atoms with E-state index in [4.69, 9.17) is 28.4 Å². The molecule has 11 atom stereocenters. The number of hydrogen-bond acceptors (Lipinski definition) is 8. The molecule has 44 heavy (non-hydrogen) atoms. The molecule has 2 aliphatic heterocycles. The lowest BCUT2D eigenvalue weighted by Crippen LogP contribution is -2.44. The second-order valence-corrected chi connectivity index (χ2v) is 12.6. The lowest BCUT2D eigenvalue weighted by molar-refractivity contribution is -0.219. The first-order valence-electron chi connectivity index (χ1n) is 16.6. The fourth-order valence-corrected chi connectivity index (χ4v) is 5.91. The maximum absolute atomic E-state index is 12.7. The molecule has 0 aliphatic carbocycles. The van der Waals surface area contributed by atoms with E-state index < -0.39 is 24.1 Å². The van der Waals surface area contributed by atoms with Crippen molar-refractivity contribution in [3.05, 3.63) is 48.1 Å². The van der Waals surface area contributed by atoms with Crippen molar-refractivity contribution in [2.75, 3.05) is 13.2 Å². The second-order valence-electron chi connectivity index (χ2n) is 12.6. The van der Waals surface area contributed by atoms with Crippen LogP contribution in [-0.4, -0.2) is 73.0 Å². The molecule has 8 nitrogen and oxygen atoms in total. The largest absolute Gasteiger partial charge is 0.454 e. The molecule has 0 bridgehead atoms. The Morgan fingerprint density at radius 1 is 1.11 bits per heavy atom. The smallest absolute Gasteiger partial charge is 0.331 e. The van der Waals surface area contributed by atoms with Gasteiger partial charge in [-0.1, -0.05) is 64.2 Å². The topological polar surface area (TPSA) is 96.0 Å². The summed E-state index contributed by atoms with van der Waals surface area (Å²) < 4.78 is 35.3. The number of rotatable bonds is 16. The van der Waals surface area contributed by atoms with Gasteiger partial charge < -0.3 is 33.5 Å². The summed E-state index contributed by atoms with van der Waals surface area (Å²) >= 11 is 0. The molecule has 0 spiro atoms. The molecule has 0 aromatic heterocycles. The van der Waals surface area contributed by atoms with Crippen LogP contribution in [0.5, 0.6) is 0 Å². The fraction of sp³-hybridized carbons (Fsp3) is 0.750. The first-order valence-corrected chi connectivity index (χ1v) is 16.6. The van der Waals surface area contributed by atoms with Crippen molar-refractivity contribution >= 4 is 5.97 Å². The van der Waals surface area contributed by atoms with Gasteiger partial charge in [0, 0.05) is 31.1 Å². The molecule has 2 heterocycles. The highest BCUT2D eigenvalue weighted by Gasteiger charge is 2.46. The summed E-state index contributed by atoms with van der Waals surface area (Å²) in [4.78, 5) is 12.7. The van der Waals surface area contributed by atoms with Gasteiger partial charge in [0.05, 0.1) is 23.9 Å². The van der Waals surface area contributed by atoms with Gasteiger partial charge in [-0.3, -0.25) is 0 Å². The minimum absolute atomic E-state index is 0.101. The average molecular weight is 621 g/mol. The molecule has 1 saturated heterocycles. The number of carbonyl (C=O) groups excluding carboxylic acids is 1. The van der Waals surface area contributed by atoms with Crippen LogP contribution in [0.4, 0.5) is 0 Å². The van der Waals surface area contributed by atoms with Crippen LogP contribution in [-0.2, 0) is 33.2 Å². The Bertz CT molecular complexity index is 973. The summed E-state index contributed by atoms with van der Waals surface area (Å²) in [5.74, 6) is 0.0541. The maximum Gasteiger partial charge on any atom is 0.331 e. The first kappa shape index (κ1) is 38.4. The van der Waals surface area contributed by atoms with Crippen LogP contribution in [0.15, 0.2) is 48.1 Å². The Hall–Kier alpha value is -1.81. The van der Waals surface area contributed by atoms with Gasteiger partial charge >= 0.3 is 5.97 Å². The molecule has 0 amide bonds. The number of aliphatic hydroxyl groups excluding tert-OH is 1. The Labute approximate surface area is 266 Å². The number of cyclic esters (lactones) is 1. The monoisotopic (exact) mass is 620 g/mol. The molecule has 2 rings (SSSR count). The highest BCUT2D eigenvalue weighted by atomic mass is 16.7. The molecular formula is C36H60O8. The Balaban J connectivity index is 2.03. The number of esters is 1. The van der Waals surface area contributed by atoms with E-state index in [0.717, 1.165) is 18.4 Å². The first-order chi connectivity index (χ1) is 20.8. The average Bonchev–Trinajstić information content (AvgIpc) is 3.73. The Kier molecular flexibility index (Phi) is 16.6. The van der Waals surface area contributed by atoms with Gasteiger partial charge in [-0.05, 0) is 78.7 Å². The zero-order valence-electron chi connectivity index (χ0n) is 28.9. The molecule has 8 heteroatoms. The number of hydrogen-bond donors (Lipinski definition) is 1. The summed E-state index contributed by atoms with van der Waals surface area (Å²) in [5, 5.41) is 11.1. The summed E-state index contributed by atoms with van der Waals surface area (Å²) in [6.45, 7) is 21.2. The van der Waals surface area contributed by atoms with Gasteiger partial charge in [0.15, 0.2) is 12.6 Å². The van der Waals surface area contributed by atoms with Crippen LogP contribution in [0.3, 0.4) is 0 Å². The van der Waals surface area contributed by atoms with Crippen LogP contribution in [0.1, 0.15) is 94.9 Å². The summed E-state index contributed by atoms with van der Waals surface area (Å²) in [5.41, 5.74) is 0.0507. The zero-order valence-corrected chi connectivity index (χ0v) is 28.9. The van der Waals surface area contributed by atoms with Crippen LogP contribution in [0, 0.1) is 17.8 Å². The summed E-state index contributed by atoms with van der Waals surface area (Å²) in [7, 11) is 0. The molecule has 0 aromatic rings. The van der Waals surface area contributed by atoms with E-state index in [1.54, 1.807) is 12.2 Å². The lowest BCUT2D eigenvalue weighted by atomic mass is 9.90. The fourth-order valence-electron chi connectivity index (χ4n) is 5.91. The lowest BCUT2D eigenvalue weighted by Gasteiger charge is -2.36. The molecule has 1 N–H and O–H groups in total. The highest BCUT2D eigenvalue weighted by molar-refractivity contribution is 5.82. The molecular weight excluding hydrogens is 560 g/mol. The predicted octanol–water partition coefficient (Wildman–Crippen LogP) is 7.07. The van der Waals surface area contributed by atoms with E-state index in [0.29, 0.717) is 37.9 Å². The Morgan fingerprint density at radius 2 is 1.80 bits per heavy atom. The molecule has 1 fully saturated rings. The molecule has 0 aromatic carbocycles. The third-order valence-electron chi connectivity index (χ3n) is 8.59. The van der Waals surface area contributed by atoms with Crippen molar-refractivity contribution < 1.29 is 38.3 Å². The van der Waals surface area contributed by atoms with Crippen molar-refractivity contribution in [1.82, 2.24) is 0 Å². The van der Waals surface area contributed by atoms with Gasteiger partial charge in [0.2, 0.25) is 0 Å². The zero-order chi connectivity index (χ0) is 32.9. The highest BCUT2D eigenvalue weighted by Crippen LogP contribution is 2.37. The van der Waals surface area contributed by atoms with Crippen molar-refractivity contribution in [3.63, 3.8) is 0 Å². The Morgan fingerprint density at radius 3 is 2.45 bits per heavy atom. The van der Waals surface area contributed by atoms with E-state index in [2.05, 4.69) is 26.8 Å². The van der Waals surface area contributed by atoms with E-state index >= 15 is 0 Å². The standard InChI is InChI=1S/C36H60O8/c1-11-30(41-28(8)39-12-2)27(7)35-31(42-35)23-24(4)17-16-18-25(5)34-26(6)20-21-32(37)36(10,44-29(9)40-13-3)22-15-14-19-33(38)43-34/h14,16-21,24,26-32,34-35,37H,11-13,15,22-23H2,1-10H3/b17-16+,19-14-,21-20-,25-18+. The van der Waals surface area contributed by atoms with E-state index in [9.17, 15) is 9.90 Å². The van der Waals surface area contributed by atoms with Crippen LogP contribution in [0.25, 0.3) is 0 Å². The van der Waals surface area contributed by atoms with Gasteiger partial charge in [0.25, 0.3) is 0 Å². The van der Waals surface area contributed by atoms with E-state index in [1.165, 1.54) is 6.08 Å². The summed E-state index contributed by atoms with van der Waals surface area (Å²) in [6.07, 6.45) is 14.5. The van der Waals surface area contributed by atoms with Gasteiger partial charge in [-0.25, -0.2) is 4.79 Å². The van der Waals surface area contributed by atoms with Crippen LogP contribution < -0.4 is 0 Å². The van der Waals surface area contributed by atoms with E-state index in [1.807, 2.05) is 66.7 Å². The number of epoxide rings is 1. The SMILES string of the molecule is CCOC(C)OC(CC)C(C)C1OC1CC(C)/C=C/C=C(\C)C1OC(=O)/C=C\CCC(C)(OC(C)OCC)C(O)/C=C\C1C. The number of ether oxygens (including phenoxy) is 6. The normalized spacial score (nSPS) is 33.4. The summed E-state index contributed by atoms with van der Waals surface area (Å²) in [6, 6.07) is 0. The number of allylic oxidation sites excluding steroid dienone is 4. The van der Waals surface area contributed by atoms with Crippen molar-refractivity contribution in [3.8, 4) is 0 Å². The minimum Gasteiger partial charge on any atom is -0.454 e. The van der Waals surface area contributed by atoms with Crippen molar-refractivity contribution in [2.24, 2.45) is 17.8 Å². The number of carbonyl (C=O) groups is 1. The second kappa shape index (κ2) is 19.0. The third kappa shape index (κ3) is 12.5. The van der Waals surface area contributed by atoms with Gasteiger partial charge in [-0.15, -0.1) is 0 Å². The van der Waals surface area contributed by atoms with Crippen LogP contribution >= 0.6 is 0 Å². The van der Waals surface area contributed by atoms with E-state index in [-0.39, 0.29) is 36.5 Å². The third-order valence-corrected chi connectivity index (χ3v) is 8.59. The molecule has 11 unspecified atom stereocenters. The van der Waals surface area contributed by atoms with Gasteiger partial charge in [-0.2, -0.15) is 0 Å². The van der Waals surface area contributed by atoms with Crippen LogP contribution in [0.2, 0.25) is 0 Å². The van der Waals surface area contributed by atoms with Gasteiger partial charge in [0.1, 0.15) is 12.2 Å². The number of aliphatic hydroxyl groups is 1. The maximum atomic E-state index is 12.7. The quantitative estimate of drug-likeness (QED) is 0.0644. The van der Waals surface area contributed by atoms with Crippen molar-refractivity contribution in [2.45, 2.75) is 144 Å². The molecule has 0 radical (unpaired) electrons. The minimum atomic E-state index is -0.869. The molecule has 252 valence electrons. The molecule has 0 saturated carbocycles. The predicted molar refractivity (Wildman–Crippen MR) is 174 cm³/mol. The van der Waals surface area contributed by atoms with Crippen molar-refractivity contribution in [1.29, 1.82) is 0 Å².